The van der Waals surface area contributed by atoms with E-state index >= 15 is 0 Å². The van der Waals surface area contributed by atoms with E-state index in [0.717, 1.165) is 25.9 Å². The third-order valence-corrected chi connectivity index (χ3v) is 4.30. The van der Waals surface area contributed by atoms with Crippen LogP contribution in [0.4, 0.5) is 0 Å². The van der Waals surface area contributed by atoms with Crippen molar-refractivity contribution in [2.75, 3.05) is 26.7 Å². The highest BCUT2D eigenvalue weighted by molar-refractivity contribution is 5.85. The summed E-state index contributed by atoms with van der Waals surface area (Å²) in [5.74, 6) is 0.893. The summed E-state index contributed by atoms with van der Waals surface area (Å²) < 4.78 is 5.20. The normalized spacial score (nSPS) is 21.9. The Morgan fingerprint density at radius 2 is 2.00 bits per heavy atom. The molecule has 1 aliphatic rings. The van der Waals surface area contributed by atoms with E-state index in [1.165, 1.54) is 6.42 Å². The number of carbonyl (C=O) groups is 1. The Kier molecular flexibility index (Phi) is 8.71. The fraction of sp³-hybridized carbons (Fsp3) is 0.933. The number of carbonyl (C=O) groups excluding carboxylic acids is 1. The summed E-state index contributed by atoms with van der Waals surface area (Å²) >= 11 is 0. The van der Waals surface area contributed by atoms with Gasteiger partial charge in [0.05, 0.1) is 12.5 Å². The van der Waals surface area contributed by atoms with E-state index in [9.17, 15) is 4.79 Å². The van der Waals surface area contributed by atoms with E-state index in [0.29, 0.717) is 24.3 Å². The predicted octanol–water partition coefficient (Wildman–Crippen LogP) is 2.45. The van der Waals surface area contributed by atoms with Gasteiger partial charge in [-0.2, -0.15) is 0 Å². The van der Waals surface area contributed by atoms with E-state index in [1.807, 2.05) is 4.90 Å². The summed E-state index contributed by atoms with van der Waals surface area (Å²) in [5, 5.41) is 0. The van der Waals surface area contributed by atoms with Crippen LogP contribution in [0, 0.1) is 11.3 Å². The van der Waals surface area contributed by atoms with Crippen molar-refractivity contribution in [1.29, 1.82) is 0 Å². The fourth-order valence-electron chi connectivity index (χ4n) is 2.80. The minimum atomic E-state index is -0.144. The standard InChI is InChI=1S/C15H30N2O2.ClH/c1-15(2,3)12-6-5-8-17(9-7-12)14(18)10-13(11-16)19-4;/h12-13H,5-11,16H2,1-4H3;1H. The van der Waals surface area contributed by atoms with Crippen molar-refractivity contribution in [3.63, 3.8) is 0 Å². The number of likely N-dealkylation sites (tertiary alicyclic amines) is 1. The zero-order chi connectivity index (χ0) is 14.5. The number of rotatable bonds is 4. The van der Waals surface area contributed by atoms with Gasteiger partial charge in [0.1, 0.15) is 0 Å². The van der Waals surface area contributed by atoms with Crippen molar-refractivity contribution >= 4 is 18.3 Å². The smallest absolute Gasteiger partial charge is 0.225 e. The number of amides is 1. The van der Waals surface area contributed by atoms with E-state index in [4.69, 9.17) is 10.5 Å². The summed E-state index contributed by atoms with van der Waals surface area (Å²) in [5.41, 5.74) is 5.91. The van der Waals surface area contributed by atoms with Gasteiger partial charge in [-0.25, -0.2) is 0 Å². The second kappa shape index (κ2) is 8.85. The maximum atomic E-state index is 12.2. The zero-order valence-electron chi connectivity index (χ0n) is 13.4. The lowest BCUT2D eigenvalue weighted by Crippen LogP contribution is -2.37. The SMILES string of the molecule is COC(CN)CC(=O)N1CCCC(C(C)(C)C)CC1.Cl. The molecule has 0 aromatic heterocycles. The summed E-state index contributed by atoms with van der Waals surface area (Å²) in [6.45, 7) is 9.05. The molecular formula is C15H31ClN2O2. The van der Waals surface area contributed by atoms with Crippen LogP contribution in [0.15, 0.2) is 0 Å². The second-order valence-corrected chi connectivity index (χ2v) is 6.67. The van der Waals surface area contributed by atoms with Crippen LogP contribution in [-0.4, -0.2) is 43.7 Å². The Morgan fingerprint density at radius 3 is 2.50 bits per heavy atom. The number of methoxy groups -OCH3 is 1. The lowest BCUT2D eigenvalue weighted by Gasteiger charge is -2.30. The molecule has 1 rings (SSSR count). The zero-order valence-corrected chi connectivity index (χ0v) is 14.2. The van der Waals surface area contributed by atoms with Gasteiger partial charge in [-0.3, -0.25) is 4.79 Å². The van der Waals surface area contributed by atoms with Crippen molar-refractivity contribution in [3.05, 3.63) is 0 Å². The minimum absolute atomic E-state index is 0. The third-order valence-electron chi connectivity index (χ3n) is 4.30. The molecular weight excluding hydrogens is 276 g/mol. The monoisotopic (exact) mass is 306 g/mol. The lowest BCUT2D eigenvalue weighted by molar-refractivity contribution is -0.133. The molecule has 0 aromatic rings. The average molecular weight is 307 g/mol. The highest BCUT2D eigenvalue weighted by Gasteiger charge is 2.28. The molecule has 0 aromatic carbocycles. The van der Waals surface area contributed by atoms with Crippen molar-refractivity contribution in [2.45, 2.75) is 52.6 Å². The van der Waals surface area contributed by atoms with Gasteiger partial charge >= 0.3 is 0 Å². The van der Waals surface area contributed by atoms with Crippen LogP contribution < -0.4 is 5.73 Å². The Labute approximate surface area is 129 Å². The van der Waals surface area contributed by atoms with Crippen LogP contribution in [-0.2, 0) is 9.53 Å². The number of hydrogen-bond donors (Lipinski definition) is 1. The second-order valence-electron chi connectivity index (χ2n) is 6.67. The van der Waals surface area contributed by atoms with E-state index in [-0.39, 0.29) is 24.4 Å². The molecule has 0 saturated carbocycles. The van der Waals surface area contributed by atoms with Crippen LogP contribution in [0.1, 0.15) is 46.5 Å². The first-order chi connectivity index (χ1) is 8.88. The highest BCUT2D eigenvalue weighted by atomic mass is 35.5. The lowest BCUT2D eigenvalue weighted by atomic mass is 9.77. The molecule has 2 N–H and O–H groups in total. The molecule has 0 bridgehead atoms. The maximum absolute atomic E-state index is 12.2. The first kappa shape index (κ1) is 19.7. The maximum Gasteiger partial charge on any atom is 0.225 e. The van der Waals surface area contributed by atoms with Crippen molar-refractivity contribution in [1.82, 2.24) is 4.90 Å². The van der Waals surface area contributed by atoms with Gasteiger partial charge in [0.15, 0.2) is 0 Å². The molecule has 1 aliphatic heterocycles. The van der Waals surface area contributed by atoms with Crippen molar-refractivity contribution in [2.24, 2.45) is 17.1 Å². The largest absolute Gasteiger partial charge is 0.380 e. The topological polar surface area (TPSA) is 55.6 Å². The summed E-state index contributed by atoms with van der Waals surface area (Å²) in [7, 11) is 1.61. The van der Waals surface area contributed by atoms with Gasteiger partial charge in [0.2, 0.25) is 5.91 Å². The Hall–Kier alpha value is -0.320. The van der Waals surface area contributed by atoms with E-state index in [1.54, 1.807) is 7.11 Å². The van der Waals surface area contributed by atoms with Crippen molar-refractivity contribution in [3.8, 4) is 0 Å². The molecule has 1 fully saturated rings. The molecule has 20 heavy (non-hydrogen) atoms. The summed E-state index contributed by atoms with van der Waals surface area (Å²) in [6, 6.07) is 0. The molecule has 1 heterocycles. The van der Waals surface area contributed by atoms with E-state index < -0.39 is 0 Å². The molecule has 1 saturated heterocycles. The van der Waals surface area contributed by atoms with Gasteiger partial charge < -0.3 is 15.4 Å². The van der Waals surface area contributed by atoms with Crippen LogP contribution >= 0.6 is 12.4 Å². The molecule has 0 aliphatic carbocycles. The molecule has 120 valence electrons. The predicted molar refractivity (Wildman–Crippen MR) is 85.1 cm³/mol. The summed E-state index contributed by atoms with van der Waals surface area (Å²) in [6.07, 6.45) is 3.70. The van der Waals surface area contributed by atoms with E-state index in [2.05, 4.69) is 20.8 Å². The van der Waals surface area contributed by atoms with Crippen molar-refractivity contribution < 1.29 is 9.53 Å². The molecule has 5 heteroatoms. The fourth-order valence-corrected chi connectivity index (χ4v) is 2.80. The highest BCUT2D eigenvalue weighted by Crippen LogP contribution is 2.34. The van der Waals surface area contributed by atoms with Gasteiger partial charge in [0.25, 0.3) is 0 Å². The number of nitrogens with zero attached hydrogens (tertiary/aromatic N) is 1. The average Bonchev–Trinajstić information content (AvgIpc) is 2.60. The van der Waals surface area contributed by atoms with Gasteiger partial charge in [-0.1, -0.05) is 20.8 Å². The molecule has 2 unspecified atom stereocenters. The number of ether oxygens (including phenoxy) is 1. The van der Waals surface area contributed by atoms with Crippen LogP contribution in [0.2, 0.25) is 0 Å². The van der Waals surface area contributed by atoms with Crippen LogP contribution in [0.3, 0.4) is 0 Å². The number of hydrogen-bond acceptors (Lipinski definition) is 3. The first-order valence-electron chi connectivity index (χ1n) is 7.39. The quantitative estimate of drug-likeness (QED) is 0.868. The Bertz CT molecular complexity index is 288. The Morgan fingerprint density at radius 1 is 1.35 bits per heavy atom. The molecule has 0 radical (unpaired) electrons. The molecule has 4 nitrogen and oxygen atoms in total. The van der Waals surface area contributed by atoms with Gasteiger partial charge in [-0.15, -0.1) is 12.4 Å². The molecule has 2 atom stereocenters. The van der Waals surface area contributed by atoms with Gasteiger partial charge in [-0.05, 0) is 30.6 Å². The van der Waals surface area contributed by atoms with Gasteiger partial charge in [0, 0.05) is 26.7 Å². The number of halogens is 1. The summed E-state index contributed by atoms with van der Waals surface area (Å²) in [4.78, 5) is 14.2. The van der Waals surface area contributed by atoms with Crippen LogP contribution in [0.25, 0.3) is 0 Å². The number of nitrogens with two attached hydrogens (primary N) is 1. The van der Waals surface area contributed by atoms with Crippen LogP contribution in [0.5, 0.6) is 0 Å². The first-order valence-corrected chi connectivity index (χ1v) is 7.39. The third kappa shape index (κ3) is 5.98. The Balaban J connectivity index is 0.00000361. The minimum Gasteiger partial charge on any atom is -0.380 e. The molecule has 0 spiro atoms. The molecule has 1 amide bonds.